The predicted octanol–water partition coefficient (Wildman–Crippen LogP) is 2.60. The van der Waals surface area contributed by atoms with Crippen LogP contribution in [0.15, 0.2) is 22.6 Å². The first-order valence-corrected chi connectivity index (χ1v) is 7.00. The Morgan fingerprint density at radius 2 is 2.28 bits per heavy atom. The molecule has 18 heavy (non-hydrogen) atoms. The van der Waals surface area contributed by atoms with Gasteiger partial charge in [-0.05, 0) is 32.3 Å². The van der Waals surface area contributed by atoms with Gasteiger partial charge in [0.25, 0.3) is 0 Å². The van der Waals surface area contributed by atoms with Gasteiger partial charge in [0.1, 0.15) is 11.5 Å². The quantitative estimate of drug-likeness (QED) is 0.810. The lowest BCUT2D eigenvalue weighted by molar-refractivity contribution is 0.263. The first-order chi connectivity index (χ1) is 8.81. The number of hydrogen-bond donors (Lipinski definition) is 1. The molecule has 0 amide bonds. The van der Waals surface area contributed by atoms with Crippen molar-refractivity contribution in [2.75, 3.05) is 13.1 Å². The molecule has 1 N–H and O–H groups in total. The molecule has 0 unspecified atom stereocenters. The molecule has 0 atom stereocenters. The molecule has 0 aromatic carbocycles. The highest BCUT2D eigenvalue weighted by molar-refractivity contribution is 5.21. The molecular formula is C15H22N2O. The fourth-order valence-electron chi connectivity index (χ4n) is 2.44. The van der Waals surface area contributed by atoms with E-state index in [2.05, 4.69) is 35.4 Å². The molecule has 2 aliphatic rings. The summed E-state index contributed by atoms with van der Waals surface area (Å²) in [5, 5.41) is 3.55. The van der Waals surface area contributed by atoms with Gasteiger partial charge in [0, 0.05) is 31.2 Å². The molecule has 1 aromatic heterocycles. The van der Waals surface area contributed by atoms with Gasteiger partial charge in [0.15, 0.2) is 0 Å². The molecule has 3 rings (SSSR count). The van der Waals surface area contributed by atoms with Crippen LogP contribution in [0.25, 0.3) is 0 Å². The van der Waals surface area contributed by atoms with Crippen molar-refractivity contribution in [2.24, 2.45) is 0 Å². The maximum absolute atomic E-state index is 5.86. The van der Waals surface area contributed by atoms with Crippen molar-refractivity contribution in [1.82, 2.24) is 10.2 Å². The van der Waals surface area contributed by atoms with Gasteiger partial charge >= 0.3 is 0 Å². The third-order valence-corrected chi connectivity index (χ3v) is 3.75. The third-order valence-electron chi connectivity index (χ3n) is 3.75. The zero-order chi connectivity index (χ0) is 12.4. The standard InChI is InChI=1S/C15H22N2O/c1-12-13(10-16-14-5-6-14)9-15(18-12)11-17-7-3-2-4-8-17/h2-3,9,14,16H,4-8,10-11H2,1H3. The van der Waals surface area contributed by atoms with Crippen molar-refractivity contribution < 1.29 is 4.42 Å². The van der Waals surface area contributed by atoms with Gasteiger partial charge in [0.2, 0.25) is 0 Å². The lowest BCUT2D eigenvalue weighted by Gasteiger charge is -2.21. The lowest BCUT2D eigenvalue weighted by atomic mass is 10.2. The molecule has 1 aromatic rings. The highest BCUT2D eigenvalue weighted by atomic mass is 16.3. The topological polar surface area (TPSA) is 28.4 Å². The smallest absolute Gasteiger partial charge is 0.118 e. The van der Waals surface area contributed by atoms with Crippen LogP contribution in [-0.4, -0.2) is 24.0 Å². The van der Waals surface area contributed by atoms with Crippen molar-refractivity contribution >= 4 is 0 Å². The van der Waals surface area contributed by atoms with E-state index in [9.17, 15) is 0 Å². The zero-order valence-corrected chi connectivity index (χ0v) is 11.1. The van der Waals surface area contributed by atoms with Crippen molar-refractivity contribution in [2.45, 2.75) is 45.3 Å². The molecule has 0 radical (unpaired) electrons. The SMILES string of the molecule is Cc1oc(CN2CC=CCC2)cc1CNC1CC1. The molecule has 3 heteroatoms. The number of aryl methyl sites for hydroxylation is 1. The summed E-state index contributed by atoms with van der Waals surface area (Å²) in [5.41, 5.74) is 1.32. The molecule has 0 saturated heterocycles. The summed E-state index contributed by atoms with van der Waals surface area (Å²) in [7, 11) is 0. The van der Waals surface area contributed by atoms with Crippen molar-refractivity contribution in [3.8, 4) is 0 Å². The number of hydrogen-bond acceptors (Lipinski definition) is 3. The molecule has 1 aliphatic heterocycles. The van der Waals surface area contributed by atoms with Crippen LogP contribution >= 0.6 is 0 Å². The summed E-state index contributed by atoms with van der Waals surface area (Å²) in [6, 6.07) is 2.98. The van der Waals surface area contributed by atoms with Crippen LogP contribution in [0.3, 0.4) is 0 Å². The van der Waals surface area contributed by atoms with Gasteiger partial charge in [-0.1, -0.05) is 12.2 Å². The second-order valence-corrected chi connectivity index (χ2v) is 5.44. The molecule has 98 valence electrons. The van der Waals surface area contributed by atoms with Crippen LogP contribution in [0.5, 0.6) is 0 Å². The highest BCUT2D eigenvalue weighted by Crippen LogP contribution is 2.21. The van der Waals surface area contributed by atoms with Gasteiger partial charge in [-0.3, -0.25) is 4.90 Å². The molecule has 1 fully saturated rings. The fourth-order valence-corrected chi connectivity index (χ4v) is 2.44. The lowest BCUT2D eigenvalue weighted by Crippen LogP contribution is -2.26. The Morgan fingerprint density at radius 3 is 3.00 bits per heavy atom. The summed E-state index contributed by atoms with van der Waals surface area (Å²) in [5.74, 6) is 2.18. The van der Waals surface area contributed by atoms with E-state index < -0.39 is 0 Å². The minimum atomic E-state index is 0.759. The van der Waals surface area contributed by atoms with E-state index in [1.54, 1.807) is 0 Å². The maximum Gasteiger partial charge on any atom is 0.118 e. The second kappa shape index (κ2) is 5.29. The van der Waals surface area contributed by atoms with Crippen molar-refractivity contribution in [1.29, 1.82) is 0 Å². The van der Waals surface area contributed by atoms with Gasteiger partial charge in [-0.15, -0.1) is 0 Å². The Kier molecular flexibility index (Phi) is 3.52. The Morgan fingerprint density at radius 1 is 1.39 bits per heavy atom. The van der Waals surface area contributed by atoms with Crippen molar-refractivity contribution in [3.63, 3.8) is 0 Å². The summed E-state index contributed by atoms with van der Waals surface area (Å²) < 4.78 is 5.86. The Balaban J connectivity index is 1.57. The first kappa shape index (κ1) is 12.0. The van der Waals surface area contributed by atoms with E-state index in [0.29, 0.717) is 0 Å². The van der Waals surface area contributed by atoms with Crippen LogP contribution < -0.4 is 5.32 Å². The van der Waals surface area contributed by atoms with E-state index in [1.165, 1.54) is 18.4 Å². The van der Waals surface area contributed by atoms with Crippen LogP contribution in [0.2, 0.25) is 0 Å². The van der Waals surface area contributed by atoms with Gasteiger partial charge in [0.05, 0.1) is 6.54 Å². The largest absolute Gasteiger partial charge is 0.465 e. The molecule has 2 heterocycles. The number of nitrogens with one attached hydrogen (secondary N) is 1. The number of nitrogens with zero attached hydrogens (tertiary/aromatic N) is 1. The highest BCUT2D eigenvalue weighted by Gasteiger charge is 2.21. The van der Waals surface area contributed by atoms with E-state index in [1.807, 2.05) is 0 Å². The maximum atomic E-state index is 5.86. The Hall–Kier alpha value is -1.06. The Labute approximate surface area is 109 Å². The van der Waals surface area contributed by atoms with Crippen LogP contribution in [0.1, 0.15) is 36.3 Å². The Bertz CT molecular complexity index is 432. The summed E-state index contributed by atoms with van der Waals surface area (Å²) >= 11 is 0. The average Bonchev–Trinajstić information content (AvgIpc) is 3.14. The molecule has 0 bridgehead atoms. The van der Waals surface area contributed by atoms with Gasteiger partial charge in [-0.2, -0.15) is 0 Å². The van der Waals surface area contributed by atoms with E-state index in [-0.39, 0.29) is 0 Å². The number of furan rings is 1. The molecule has 1 aliphatic carbocycles. The van der Waals surface area contributed by atoms with Crippen LogP contribution in [0, 0.1) is 6.92 Å². The predicted molar refractivity (Wildman–Crippen MR) is 72.3 cm³/mol. The van der Waals surface area contributed by atoms with Crippen molar-refractivity contribution in [3.05, 3.63) is 35.3 Å². The third kappa shape index (κ3) is 3.03. The minimum Gasteiger partial charge on any atom is -0.465 e. The van der Waals surface area contributed by atoms with E-state index in [0.717, 1.165) is 50.2 Å². The summed E-state index contributed by atoms with van der Waals surface area (Å²) in [4.78, 5) is 2.43. The molecule has 0 spiro atoms. The molecule has 3 nitrogen and oxygen atoms in total. The molecular weight excluding hydrogens is 224 g/mol. The minimum absolute atomic E-state index is 0.759. The summed E-state index contributed by atoms with van der Waals surface area (Å²) in [6.45, 7) is 6.17. The zero-order valence-electron chi connectivity index (χ0n) is 11.1. The van der Waals surface area contributed by atoms with Gasteiger partial charge in [-0.25, -0.2) is 0 Å². The van der Waals surface area contributed by atoms with Gasteiger partial charge < -0.3 is 9.73 Å². The first-order valence-electron chi connectivity index (χ1n) is 7.00. The van der Waals surface area contributed by atoms with E-state index in [4.69, 9.17) is 4.42 Å². The second-order valence-electron chi connectivity index (χ2n) is 5.44. The van der Waals surface area contributed by atoms with E-state index >= 15 is 0 Å². The normalized spacial score (nSPS) is 20.5. The van der Waals surface area contributed by atoms with Crippen LogP contribution in [-0.2, 0) is 13.1 Å². The summed E-state index contributed by atoms with van der Waals surface area (Å²) in [6.07, 6.45) is 8.34. The monoisotopic (exact) mass is 246 g/mol. The average molecular weight is 246 g/mol. The van der Waals surface area contributed by atoms with Crippen LogP contribution in [0.4, 0.5) is 0 Å². The fraction of sp³-hybridized carbons (Fsp3) is 0.600. The molecule has 1 saturated carbocycles. The number of rotatable bonds is 5.